The maximum atomic E-state index is 13.9. The van der Waals surface area contributed by atoms with Crippen molar-refractivity contribution in [2.75, 3.05) is 13.7 Å². The van der Waals surface area contributed by atoms with E-state index in [0.717, 1.165) is 41.9 Å². The van der Waals surface area contributed by atoms with Gasteiger partial charge in [-0.25, -0.2) is 8.78 Å². The summed E-state index contributed by atoms with van der Waals surface area (Å²) in [5.74, 6) is -0.267. The third kappa shape index (κ3) is 3.20. The Morgan fingerprint density at radius 1 is 1.08 bits per heavy atom. The fourth-order valence-electron chi connectivity index (χ4n) is 3.33. The van der Waals surface area contributed by atoms with E-state index >= 15 is 0 Å². The largest absolute Gasteiger partial charge is 0.496 e. The quantitative estimate of drug-likeness (QED) is 0.712. The second kappa shape index (κ2) is 6.88. The van der Waals surface area contributed by atoms with Crippen LogP contribution in [0.5, 0.6) is 5.75 Å². The highest BCUT2D eigenvalue weighted by Crippen LogP contribution is 2.30. The third-order valence-electron chi connectivity index (χ3n) is 4.67. The van der Waals surface area contributed by atoms with Gasteiger partial charge in [0.05, 0.1) is 25.0 Å². The Bertz CT molecular complexity index is 939. The lowest BCUT2D eigenvalue weighted by molar-refractivity contribution is 0.203. The molecule has 0 aliphatic carbocycles. The van der Waals surface area contributed by atoms with E-state index in [4.69, 9.17) is 4.74 Å². The normalized spacial score (nSPS) is 14.3. The molecule has 26 heavy (non-hydrogen) atoms. The summed E-state index contributed by atoms with van der Waals surface area (Å²) >= 11 is 0. The van der Waals surface area contributed by atoms with Gasteiger partial charge in [-0.15, -0.1) is 0 Å². The molecule has 2 aromatic carbocycles. The second-order valence-corrected chi connectivity index (χ2v) is 6.39. The molecule has 1 aliphatic rings. The van der Waals surface area contributed by atoms with E-state index in [2.05, 4.69) is 10.00 Å². The summed E-state index contributed by atoms with van der Waals surface area (Å²) in [6.45, 7) is 2.60. The van der Waals surface area contributed by atoms with Gasteiger partial charge in [-0.3, -0.25) is 9.58 Å². The van der Waals surface area contributed by atoms with Crippen molar-refractivity contribution < 1.29 is 13.5 Å². The van der Waals surface area contributed by atoms with Gasteiger partial charge in [0.1, 0.15) is 17.4 Å². The minimum Gasteiger partial charge on any atom is -0.496 e. The van der Waals surface area contributed by atoms with E-state index in [1.807, 2.05) is 35.0 Å². The zero-order valence-electron chi connectivity index (χ0n) is 14.5. The van der Waals surface area contributed by atoms with Crippen molar-refractivity contribution in [2.45, 2.75) is 19.6 Å². The summed E-state index contributed by atoms with van der Waals surface area (Å²) in [5.41, 5.74) is 3.39. The Morgan fingerprint density at radius 3 is 2.73 bits per heavy atom. The highest BCUT2D eigenvalue weighted by Gasteiger charge is 2.21. The number of aromatic nitrogens is 2. The predicted octanol–water partition coefficient (Wildman–Crippen LogP) is 3.85. The number of benzene rings is 2. The van der Waals surface area contributed by atoms with E-state index in [9.17, 15) is 8.78 Å². The number of ether oxygens (including phenoxy) is 1. The number of nitrogens with zero attached hydrogens (tertiary/aromatic N) is 3. The van der Waals surface area contributed by atoms with Crippen LogP contribution < -0.4 is 4.74 Å². The summed E-state index contributed by atoms with van der Waals surface area (Å²) in [6, 6.07) is 13.6. The van der Waals surface area contributed by atoms with Crippen LogP contribution in [0.2, 0.25) is 0 Å². The van der Waals surface area contributed by atoms with Gasteiger partial charge < -0.3 is 4.74 Å². The van der Waals surface area contributed by atoms with Gasteiger partial charge in [0.2, 0.25) is 0 Å². The van der Waals surface area contributed by atoms with Crippen LogP contribution in [0.25, 0.3) is 11.3 Å². The van der Waals surface area contributed by atoms with E-state index in [0.29, 0.717) is 18.7 Å². The Morgan fingerprint density at radius 2 is 1.92 bits per heavy atom. The molecular weight excluding hydrogens is 336 g/mol. The molecule has 0 radical (unpaired) electrons. The molecule has 134 valence electrons. The molecule has 0 fully saturated rings. The molecule has 3 aromatic rings. The van der Waals surface area contributed by atoms with Crippen molar-refractivity contribution in [3.63, 3.8) is 0 Å². The van der Waals surface area contributed by atoms with Crippen LogP contribution in [0.15, 0.2) is 48.5 Å². The topological polar surface area (TPSA) is 30.3 Å². The number of methoxy groups -OCH3 is 1. The first-order valence-electron chi connectivity index (χ1n) is 8.50. The van der Waals surface area contributed by atoms with E-state index < -0.39 is 11.6 Å². The number of para-hydroxylation sites is 1. The Hall–Kier alpha value is -2.73. The molecular formula is C20H19F2N3O. The van der Waals surface area contributed by atoms with Crippen LogP contribution in [0.1, 0.15) is 11.3 Å². The van der Waals surface area contributed by atoms with Gasteiger partial charge in [0.15, 0.2) is 0 Å². The first-order valence-corrected chi connectivity index (χ1v) is 8.50. The predicted molar refractivity (Wildman–Crippen MR) is 94.7 cm³/mol. The van der Waals surface area contributed by atoms with Gasteiger partial charge in [0, 0.05) is 36.8 Å². The van der Waals surface area contributed by atoms with Crippen molar-refractivity contribution in [1.29, 1.82) is 0 Å². The molecule has 0 spiro atoms. The number of halogens is 2. The maximum Gasteiger partial charge on any atom is 0.130 e. The standard InChI is InChI=1S/C20H19F2N3O/c1-26-20-5-3-2-4-17(20)19-11-16-13-24(8-9-25(16)23-19)12-14-6-7-15(21)10-18(14)22/h2-7,10-11H,8-9,12-13H2,1H3. The summed E-state index contributed by atoms with van der Waals surface area (Å²) in [7, 11) is 1.65. The number of rotatable bonds is 4. The molecule has 0 amide bonds. The van der Waals surface area contributed by atoms with Gasteiger partial charge in [-0.05, 0) is 24.3 Å². The van der Waals surface area contributed by atoms with Crippen LogP contribution in [-0.4, -0.2) is 28.3 Å². The fraction of sp³-hybridized carbons (Fsp3) is 0.250. The molecule has 2 heterocycles. The molecule has 1 aromatic heterocycles. The highest BCUT2D eigenvalue weighted by molar-refractivity contribution is 5.67. The van der Waals surface area contributed by atoms with E-state index in [1.165, 1.54) is 12.1 Å². The lowest BCUT2D eigenvalue weighted by Gasteiger charge is -2.27. The molecule has 6 heteroatoms. The van der Waals surface area contributed by atoms with Crippen LogP contribution in [0.4, 0.5) is 8.78 Å². The molecule has 0 bridgehead atoms. The number of hydrogen-bond acceptors (Lipinski definition) is 3. The smallest absolute Gasteiger partial charge is 0.130 e. The first kappa shape index (κ1) is 16.7. The third-order valence-corrected chi connectivity index (χ3v) is 4.67. The average molecular weight is 355 g/mol. The Kier molecular flexibility index (Phi) is 4.42. The summed E-state index contributed by atoms with van der Waals surface area (Å²) in [4.78, 5) is 2.14. The molecule has 4 nitrogen and oxygen atoms in total. The van der Waals surface area contributed by atoms with Crippen LogP contribution in [0.3, 0.4) is 0 Å². The molecule has 0 unspecified atom stereocenters. The fourth-order valence-corrected chi connectivity index (χ4v) is 3.33. The van der Waals surface area contributed by atoms with E-state index in [1.54, 1.807) is 7.11 Å². The van der Waals surface area contributed by atoms with Crippen molar-refractivity contribution in [1.82, 2.24) is 14.7 Å². The summed E-state index contributed by atoms with van der Waals surface area (Å²) < 4.78 is 34.4. The second-order valence-electron chi connectivity index (χ2n) is 6.39. The van der Waals surface area contributed by atoms with Gasteiger partial charge in [-0.2, -0.15) is 5.10 Å². The van der Waals surface area contributed by atoms with Gasteiger partial charge in [0.25, 0.3) is 0 Å². The maximum absolute atomic E-state index is 13.9. The molecule has 0 atom stereocenters. The highest BCUT2D eigenvalue weighted by atomic mass is 19.1. The zero-order valence-corrected chi connectivity index (χ0v) is 14.5. The van der Waals surface area contributed by atoms with Crippen LogP contribution in [0, 0.1) is 11.6 Å². The van der Waals surface area contributed by atoms with Crippen molar-refractivity contribution in [3.8, 4) is 17.0 Å². The van der Waals surface area contributed by atoms with Crippen molar-refractivity contribution in [2.24, 2.45) is 0 Å². The summed E-state index contributed by atoms with van der Waals surface area (Å²) in [5, 5.41) is 4.69. The van der Waals surface area contributed by atoms with Gasteiger partial charge >= 0.3 is 0 Å². The van der Waals surface area contributed by atoms with Crippen LogP contribution in [-0.2, 0) is 19.6 Å². The molecule has 0 N–H and O–H groups in total. The minimum atomic E-state index is -0.551. The SMILES string of the molecule is COc1ccccc1-c1cc2n(n1)CCN(Cc1ccc(F)cc1F)C2. The Labute approximate surface area is 150 Å². The lowest BCUT2D eigenvalue weighted by atomic mass is 10.1. The molecule has 1 aliphatic heterocycles. The van der Waals surface area contributed by atoms with Crippen LogP contribution >= 0.6 is 0 Å². The molecule has 0 saturated heterocycles. The molecule has 0 saturated carbocycles. The lowest BCUT2D eigenvalue weighted by Crippen LogP contribution is -2.33. The monoisotopic (exact) mass is 355 g/mol. The van der Waals surface area contributed by atoms with Gasteiger partial charge in [-0.1, -0.05) is 18.2 Å². The zero-order chi connectivity index (χ0) is 18.1. The van der Waals surface area contributed by atoms with Crippen molar-refractivity contribution >= 4 is 0 Å². The first-order chi connectivity index (χ1) is 12.6. The average Bonchev–Trinajstić information content (AvgIpc) is 3.07. The number of hydrogen-bond donors (Lipinski definition) is 0. The Balaban J connectivity index is 1.55. The summed E-state index contributed by atoms with van der Waals surface area (Å²) in [6.07, 6.45) is 0. The van der Waals surface area contributed by atoms with E-state index in [-0.39, 0.29) is 0 Å². The van der Waals surface area contributed by atoms with Crippen molar-refractivity contribution in [3.05, 3.63) is 71.4 Å². The number of fused-ring (bicyclic) bond motifs is 1. The minimum absolute atomic E-state index is 0.446. The molecule has 4 rings (SSSR count).